The SMILES string of the molecule is O=C1NC(=O)c2c1c(Cl)cc1ccccc21. The number of hydrogen-bond donors (Lipinski definition) is 1. The van der Waals surface area contributed by atoms with Gasteiger partial charge in [0.05, 0.1) is 16.1 Å². The van der Waals surface area contributed by atoms with Crippen molar-refractivity contribution < 1.29 is 9.59 Å². The lowest BCUT2D eigenvalue weighted by molar-refractivity contribution is 0.0880. The summed E-state index contributed by atoms with van der Waals surface area (Å²) in [5, 5.41) is 4.18. The summed E-state index contributed by atoms with van der Waals surface area (Å²) in [5.41, 5.74) is 0.665. The van der Waals surface area contributed by atoms with E-state index in [1.54, 1.807) is 6.07 Å². The number of benzene rings is 2. The number of carbonyl (C=O) groups excluding carboxylic acids is 2. The van der Waals surface area contributed by atoms with E-state index in [1.165, 1.54) is 0 Å². The fourth-order valence-electron chi connectivity index (χ4n) is 2.00. The molecule has 0 unspecified atom stereocenters. The Labute approximate surface area is 96.0 Å². The minimum absolute atomic E-state index is 0.283. The maximum absolute atomic E-state index is 11.7. The summed E-state index contributed by atoms with van der Waals surface area (Å²) < 4.78 is 0. The molecule has 3 rings (SSSR count). The zero-order valence-corrected chi connectivity index (χ0v) is 8.84. The molecule has 3 nitrogen and oxygen atoms in total. The van der Waals surface area contributed by atoms with Crippen molar-refractivity contribution in [3.05, 3.63) is 46.5 Å². The zero-order valence-electron chi connectivity index (χ0n) is 8.08. The molecule has 0 aliphatic carbocycles. The Kier molecular flexibility index (Phi) is 1.79. The van der Waals surface area contributed by atoms with Crippen LogP contribution < -0.4 is 5.32 Å². The zero-order chi connectivity index (χ0) is 11.3. The first-order chi connectivity index (χ1) is 7.68. The van der Waals surface area contributed by atoms with Gasteiger partial charge in [0.25, 0.3) is 11.8 Å². The average molecular weight is 232 g/mol. The molecule has 0 saturated carbocycles. The second-order valence-electron chi connectivity index (χ2n) is 3.61. The number of carbonyl (C=O) groups is 2. The molecule has 16 heavy (non-hydrogen) atoms. The van der Waals surface area contributed by atoms with Crippen molar-refractivity contribution in [3.8, 4) is 0 Å². The summed E-state index contributed by atoms with van der Waals surface area (Å²) in [6.07, 6.45) is 0. The second kappa shape index (κ2) is 3.06. The van der Waals surface area contributed by atoms with Crippen LogP contribution in [0.1, 0.15) is 20.7 Å². The van der Waals surface area contributed by atoms with Crippen molar-refractivity contribution in [1.82, 2.24) is 5.32 Å². The molecular formula is C12H6ClNO2. The Balaban J connectivity index is 2.54. The molecule has 0 spiro atoms. The van der Waals surface area contributed by atoms with Crippen LogP contribution in [0.3, 0.4) is 0 Å². The summed E-state index contributed by atoms with van der Waals surface area (Å²) in [4.78, 5) is 23.2. The summed E-state index contributed by atoms with van der Waals surface area (Å²) >= 11 is 6.00. The highest BCUT2D eigenvalue weighted by Crippen LogP contribution is 2.31. The van der Waals surface area contributed by atoms with Crippen molar-refractivity contribution in [2.45, 2.75) is 0 Å². The van der Waals surface area contributed by atoms with E-state index in [0.717, 1.165) is 10.8 Å². The normalized spacial score (nSPS) is 14.1. The Morgan fingerprint density at radius 2 is 1.69 bits per heavy atom. The summed E-state index contributed by atoms with van der Waals surface area (Å²) in [5.74, 6) is -0.797. The van der Waals surface area contributed by atoms with Crippen molar-refractivity contribution in [2.75, 3.05) is 0 Å². The van der Waals surface area contributed by atoms with Crippen LogP contribution >= 0.6 is 11.6 Å². The number of amides is 2. The van der Waals surface area contributed by atoms with Crippen LogP contribution in [-0.4, -0.2) is 11.8 Å². The molecule has 0 radical (unpaired) electrons. The van der Waals surface area contributed by atoms with Gasteiger partial charge in [0.1, 0.15) is 0 Å². The number of rotatable bonds is 0. The third-order valence-corrected chi connectivity index (χ3v) is 2.98. The van der Waals surface area contributed by atoms with Crippen LogP contribution in [0.25, 0.3) is 10.8 Å². The number of halogens is 1. The predicted octanol–water partition coefficient (Wildman–Crippen LogP) is 2.38. The number of imide groups is 1. The molecule has 1 N–H and O–H groups in total. The first-order valence-corrected chi connectivity index (χ1v) is 5.13. The van der Waals surface area contributed by atoms with E-state index >= 15 is 0 Å². The maximum Gasteiger partial charge on any atom is 0.260 e. The molecule has 0 aromatic heterocycles. The fraction of sp³-hybridized carbons (Fsp3) is 0. The molecule has 2 amide bonds. The second-order valence-corrected chi connectivity index (χ2v) is 4.02. The molecule has 1 aliphatic rings. The average Bonchev–Trinajstić information content (AvgIpc) is 2.55. The Morgan fingerprint density at radius 3 is 2.50 bits per heavy atom. The first kappa shape index (κ1) is 9.36. The summed E-state index contributed by atoms with van der Waals surface area (Å²) in [7, 11) is 0. The first-order valence-electron chi connectivity index (χ1n) is 4.75. The van der Waals surface area contributed by atoms with Gasteiger partial charge in [-0.15, -0.1) is 0 Å². The smallest absolute Gasteiger partial charge is 0.260 e. The largest absolute Gasteiger partial charge is 0.288 e. The summed E-state index contributed by atoms with van der Waals surface area (Å²) in [6, 6.07) is 9.06. The van der Waals surface area contributed by atoms with Crippen LogP contribution in [0.2, 0.25) is 5.02 Å². The Bertz CT molecular complexity index is 649. The van der Waals surface area contributed by atoms with Crippen molar-refractivity contribution in [2.24, 2.45) is 0 Å². The van der Waals surface area contributed by atoms with Crippen molar-refractivity contribution >= 4 is 34.2 Å². The molecule has 1 aliphatic heterocycles. The third kappa shape index (κ3) is 1.09. The van der Waals surface area contributed by atoms with Gasteiger partial charge in [0.15, 0.2) is 0 Å². The van der Waals surface area contributed by atoms with Gasteiger partial charge in [-0.1, -0.05) is 35.9 Å². The number of nitrogens with one attached hydrogen (secondary N) is 1. The lowest BCUT2D eigenvalue weighted by atomic mass is 10.0. The van der Waals surface area contributed by atoms with Gasteiger partial charge in [-0.2, -0.15) is 0 Å². The van der Waals surface area contributed by atoms with E-state index in [9.17, 15) is 9.59 Å². The molecule has 2 aromatic rings. The molecule has 0 fully saturated rings. The lowest BCUT2D eigenvalue weighted by Gasteiger charge is -2.03. The van der Waals surface area contributed by atoms with E-state index in [2.05, 4.69) is 5.32 Å². The van der Waals surface area contributed by atoms with Gasteiger partial charge >= 0.3 is 0 Å². The topological polar surface area (TPSA) is 46.2 Å². The van der Waals surface area contributed by atoms with E-state index in [0.29, 0.717) is 10.6 Å². The quantitative estimate of drug-likeness (QED) is 0.708. The molecule has 4 heteroatoms. The van der Waals surface area contributed by atoms with Crippen molar-refractivity contribution in [3.63, 3.8) is 0 Å². The van der Waals surface area contributed by atoms with Crippen LogP contribution in [0.5, 0.6) is 0 Å². The van der Waals surface area contributed by atoms with Gasteiger partial charge < -0.3 is 0 Å². The monoisotopic (exact) mass is 231 g/mol. The summed E-state index contributed by atoms with van der Waals surface area (Å²) in [6.45, 7) is 0. The Morgan fingerprint density at radius 1 is 1.00 bits per heavy atom. The number of fused-ring (bicyclic) bond motifs is 3. The maximum atomic E-state index is 11.7. The van der Waals surface area contributed by atoms with Crippen LogP contribution in [0.15, 0.2) is 30.3 Å². The molecule has 0 bridgehead atoms. The standard InChI is InChI=1S/C12H6ClNO2/c13-8-5-6-3-1-2-4-7(6)9-10(8)12(16)14-11(9)15/h1-5H,(H,14,15,16). The van der Waals surface area contributed by atoms with Gasteiger partial charge in [-0.05, 0) is 16.8 Å². The van der Waals surface area contributed by atoms with E-state index in [4.69, 9.17) is 11.6 Å². The van der Waals surface area contributed by atoms with E-state index in [1.807, 2.05) is 24.3 Å². The molecule has 1 heterocycles. The minimum atomic E-state index is -0.421. The number of hydrogen-bond acceptors (Lipinski definition) is 2. The van der Waals surface area contributed by atoms with Crippen LogP contribution in [-0.2, 0) is 0 Å². The van der Waals surface area contributed by atoms with Gasteiger partial charge in [0.2, 0.25) is 0 Å². The van der Waals surface area contributed by atoms with Crippen LogP contribution in [0, 0.1) is 0 Å². The highest BCUT2D eigenvalue weighted by Gasteiger charge is 2.31. The molecule has 2 aromatic carbocycles. The Hall–Kier alpha value is -1.87. The van der Waals surface area contributed by atoms with Crippen LogP contribution in [0.4, 0.5) is 0 Å². The lowest BCUT2D eigenvalue weighted by Crippen LogP contribution is -2.20. The predicted molar refractivity (Wildman–Crippen MR) is 60.8 cm³/mol. The highest BCUT2D eigenvalue weighted by molar-refractivity contribution is 6.39. The van der Waals surface area contributed by atoms with Gasteiger partial charge in [0, 0.05) is 0 Å². The van der Waals surface area contributed by atoms with E-state index < -0.39 is 5.91 Å². The van der Waals surface area contributed by atoms with Crippen molar-refractivity contribution in [1.29, 1.82) is 0 Å². The minimum Gasteiger partial charge on any atom is -0.288 e. The van der Waals surface area contributed by atoms with Gasteiger partial charge in [-0.25, -0.2) is 0 Å². The molecular weight excluding hydrogens is 226 g/mol. The molecule has 78 valence electrons. The fourth-order valence-corrected chi connectivity index (χ4v) is 2.30. The third-order valence-electron chi connectivity index (χ3n) is 2.68. The molecule has 0 atom stereocenters. The molecule has 0 saturated heterocycles. The highest BCUT2D eigenvalue weighted by atomic mass is 35.5. The van der Waals surface area contributed by atoms with E-state index in [-0.39, 0.29) is 11.5 Å². The van der Waals surface area contributed by atoms with Gasteiger partial charge in [-0.3, -0.25) is 14.9 Å².